The summed E-state index contributed by atoms with van der Waals surface area (Å²) in [5.41, 5.74) is 7.33. The van der Waals surface area contributed by atoms with Crippen molar-refractivity contribution in [3.05, 3.63) is 24.5 Å². The molecule has 154 valence electrons. The molecule has 1 unspecified atom stereocenters. The number of anilines is 1. The average molecular weight is 399 g/mol. The van der Waals surface area contributed by atoms with Gasteiger partial charge in [-0.2, -0.15) is 0 Å². The zero-order valence-electron chi connectivity index (χ0n) is 16.1. The number of aromatic nitrogens is 4. The molecule has 1 atom stereocenters. The second-order valence-corrected chi connectivity index (χ2v) is 7.49. The smallest absolute Gasteiger partial charge is 0.249 e. The van der Waals surface area contributed by atoms with Crippen LogP contribution in [0.25, 0.3) is 11.3 Å². The van der Waals surface area contributed by atoms with Crippen LogP contribution in [0.3, 0.4) is 0 Å². The van der Waals surface area contributed by atoms with Gasteiger partial charge in [-0.15, -0.1) is 5.10 Å². The number of hydrogen-bond acceptors (Lipinski definition) is 7. The Balaban J connectivity index is 1.17. The SMILES string of the molecule is Nc1cc(-c2cn(C3CC(NC(=O)CCNC(=O)C4CCCO4)C3)nn2)ccn1. The molecule has 2 aliphatic rings. The van der Waals surface area contributed by atoms with Crippen molar-refractivity contribution in [1.82, 2.24) is 30.6 Å². The Hall–Kier alpha value is -3.01. The summed E-state index contributed by atoms with van der Waals surface area (Å²) in [5, 5.41) is 14.2. The van der Waals surface area contributed by atoms with E-state index in [-0.39, 0.29) is 36.4 Å². The number of nitrogens with one attached hydrogen (secondary N) is 2. The molecule has 2 amide bonds. The standard InChI is InChI=1S/C19H25N7O3/c20-17-8-12(3-5-21-17)15-11-26(25-24-15)14-9-13(10-14)23-18(27)4-6-22-19(28)16-2-1-7-29-16/h3,5,8,11,13-14,16H,1-2,4,6-7,9-10H2,(H2,20,21)(H,22,28)(H,23,27). The fourth-order valence-corrected chi connectivity index (χ4v) is 3.61. The van der Waals surface area contributed by atoms with Crippen LogP contribution in [0.1, 0.15) is 38.1 Å². The first-order valence-corrected chi connectivity index (χ1v) is 9.91. The summed E-state index contributed by atoms with van der Waals surface area (Å²) in [6.45, 7) is 0.952. The molecule has 10 heteroatoms. The number of amides is 2. The monoisotopic (exact) mass is 399 g/mol. The van der Waals surface area contributed by atoms with Gasteiger partial charge in [0.15, 0.2) is 0 Å². The van der Waals surface area contributed by atoms with Crippen molar-refractivity contribution in [3.63, 3.8) is 0 Å². The Labute approximate surface area is 168 Å². The molecule has 0 aromatic carbocycles. The van der Waals surface area contributed by atoms with E-state index in [1.165, 1.54) is 0 Å². The fourth-order valence-electron chi connectivity index (χ4n) is 3.61. The molecule has 1 aliphatic carbocycles. The fraction of sp³-hybridized carbons (Fsp3) is 0.526. The van der Waals surface area contributed by atoms with E-state index < -0.39 is 0 Å². The molecule has 1 saturated carbocycles. The number of hydrogen-bond donors (Lipinski definition) is 3. The topological polar surface area (TPSA) is 137 Å². The van der Waals surface area contributed by atoms with Crippen molar-refractivity contribution in [2.24, 2.45) is 0 Å². The van der Waals surface area contributed by atoms with Crippen LogP contribution in [0, 0.1) is 0 Å². The third-order valence-electron chi connectivity index (χ3n) is 5.31. The molecule has 1 saturated heterocycles. The van der Waals surface area contributed by atoms with E-state index in [0.717, 1.165) is 36.9 Å². The second kappa shape index (κ2) is 8.56. The lowest BCUT2D eigenvalue weighted by Crippen LogP contribution is -2.46. The molecule has 4 rings (SSSR count). The van der Waals surface area contributed by atoms with E-state index in [4.69, 9.17) is 10.5 Å². The summed E-state index contributed by atoms with van der Waals surface area (Å²) >= 11 is 0. The number of pyridine rings is 1. The molecule has 0 spiro atoms. The van der Waals surface area contributed by atoms with Gasteiger partial charge in [-0.05, 0) is 37.8 Å². The van der Waals surface area contributed by atoms with Gasteiger partial charge in [-0.1, -0.05) is 5.21 Å². The maximum atomic E-state index is 12.1. The normalized spacial score (nSPS) is 23.4. The Morgan fingerprint density at radius 2 is 2.21 bits per heavy atom. The van der Waals surface area contributed by atoms with Gasteiger partial charge in [-0.3, -0.25) is 9.59 Å². The summed E-state index contributed by atoms with van der Waals surface area (Å²) in [7, 11) is 0. The molecule has 0 radical (unpaired) electrons. The van der Waals surface area contributed by atoms with Gasteiger partial charge in [0.25, 0.3) is 0 Å². The first-order chi connectivity index (χ1) is 14.1. The predicted molar refractivity (Wildman–Crippen MR) is 104 cm³/mol. The molecular formula is C19H25N7O3. The Morgan fingerprint density at radius 3 is 2.97 bits per heavy atom. The summed E-state index contributed by atoms with van der Waals surface area (Å²) in [6, 6.07) is 3.92. The van der Waals surface area contributed by atoms with Gasteiger partial charge < -0.3 is 21.1 Å². The molecule has 2 aromatic rings. The number of rotatable bonds is 7. The average Bonchev–Trinajstić information content (AvgIpc) is 3.36. The van der Waals surface area contributed by atoms with Crippen LogP contribution in [0.4, 0.5) is 5.82 Å². The minimum absolute atomic E-state index is 0.0624. The summed E-state index contributed by atoms with van der Waals surface area (Å²) in [5.74, 6) is 0.250. The molecule has 10 nitrogen and oxygen atoms in total. The largest absolute Gasteiger partial charge is 0.384 e. The van der Waals surface area contributed by atoms with Gasteiger partial charge in [0.1, 0.15) is 17.6 Å². The van der Waals surface area contributed by atoms with Crippen LogP contribution in [-0.2, 0) is 14.3 Å². The minimum atomic E-state index is -0.360. The highest BCUT2D eigenvalue weighted by atomic mass is 16.5. The highest BCUT2D eigenvalue weighted by Crippen LogP contribution is 2.32. The highest BCUT2D eigenvalue weighted by Gasteiger charge is 2.32. The van der Waals surface area contributed by atoms with E-state index in [1.54, 1.807) is 12.3 Å². The maximum absolute atomic E-state index is 12.1. The number of carbonyl (C=O) groups excluding carboxylic acids is 2. The molecule has 3 heterocycles. The van der Waals surface area contributed by atoms with E-state index in [1.807, 2.05) is 16.9 Å². The number of nitrogens with zero attached hydrogens (tertiary/aromatic N) is 4. The van der Waals surface area contributed by atoms with Crippen LogP contribution in [0.2, 0.25) is 0 Å². The van der Waals surface area contributed by atoms with Crippen molar-refractivity contribution < 1.29 is 14.3 Å². The van der Waals surface area contributed by atoms with Crippen LogP contribution < -0.4 is 16.4 Å². The van der Waals surface area contributed by atoms with Gasteiger partial charge >= 0.3 is 0 Å². The summed E-state index contributed by atoms with van der Waals surface area (Å²) < 4.78 is 7.15. The van der Waals surface area contributed by atoms with E-state index in [9.17, 15) is 9.59 Å². The van der Waals surface area contributed by atoms with E-state index in [2.05, 4.69) is 25.9 Å². The number of nitrogen functional groups attached to an aromatic ring is 1. The van der Waals surface area contributed by atoms with Crippen LogP contribution in [-0.4, -0.2) is 57.1 Å². The zero-order valence-corrected chi connectivity index (χ0v) is 16.1. The second-order valence-electron chi connectivity index (χ2n) is 7.49. The molecule has 0 bridgehead atoms. The Morgan fingerprint density at radius 1 is 1.34 bits per heavy atom. The minimum Gasteiger partial charge on any atom is -0.384 e. The van der Waals surface area contributed by atoms with Crippen molar-refractivity contribution in [1.29, 1.82) is 0 Å². The third-order valence-corrected chi connectivity index (χ3v) is 5.31. The lowest BCUT2D eigenvalue weighted by molar-refractivity contribution is -0.130. The number of carbonyl (C=O) groups is 2. The first kappa shape index (κ1) is 19.3. The maximum Gasteiger partial charge on any atom is 0.249 e. The van der Waals surface area contributed by atoms with Gasteiger partial charge in [0, 0.05) is 37.4 Å². The van der Waals surface area contributed by atoms with Crippen molar-refractivity contribution in [3.8, 4) is 11.3 Å². The molecule has 2 fully saturated rings. The lowest BCUT2D eigenvalue weighted by atomic mass is 9.86. The molecular weight excluding hydrogens is 374 g/mol. The third kappa shape index (κ3) is 4.70. The van der Waals surface area contributed by atoms with Crippen LogP contribution in [0.5, 0.6) is 0 Å². The summed E-state index contributed by atoms with van der Waals surface area (Å²) in [6.07, 6.45) is 6.69. The van der Waals surface area contributed by atoms with Crippen LogP contribution >= 0.6 is 0 Å². The van der Waals surface area contributed by atoms with E-state index in [0.29, 0.717) is 19.0 Å². The number of nitrogens with two attached hydrogens (primary N) is 1. The van der Waals surface area contributed by atoms with Gasteiger partial charge in [0.2, 0.25) is 11.8 Å². The van der Waals surface area contributed by atoms with Crippen LogP contribution in [0.15, 0.2) is 24.5 Å². The predicted octanol–water partition coefficient (Wildman–Crippen LogP) is 0.427. The first-order valence-electron chi connectivity index (χ1n) is 9.91. The Bertz CT molecular complexity index is 872. The molecule has 1 aliphatic heterocycles. The van der Waals surface area contributed by atoms with Crippen molar-refractivity contribution in [2.45, 2.75) is 50.3 Å². The zero-order chi connectivity index (χ0) is 20.2. The van der Waals surface area contributed by atoms with Crippen molar-refractivity contribution in [2.75, 3.05) is 18.9 Å². The van der Waals surface area contributed by atoms with E-state index >= 15 is 0 Å². The molecule has 4 N–H and O–H groups in total. The number of ether oxygens (including phenoxy) is 1. The lowest BCUT2D eigenvalue weighted by Gasteiger charge is -2.35. The van der Waals surface area contributed by atoms with Gasteiger partial charge in [0.05, 0.1) is 12.2 Å². The Kier molecular flexibility index (Phi) is 5.70. The van der Waals surface area contributed by atoms with Crippen molar-refractivity contribution >= 4 is 17.6 Å². The molecule has 29 heavy (non-hydrogen) atoms. The highest BCUT2D eigenvalue weighted by molar-refractivity contribution is 5.82. The quantitative estimate of drug-likeness (QED) is 0.614. The van der Waals surface area contributed by atoms with Gasteiger partial charge in [-0.25, -0.2) is 9.67 Å². The summed E-state index contributed by atoms with van der Waals surface area (Å²) in [4.78, 5) is 27.9. The molecule has 2 aromatic heterocycles.